The molecule has 0 radical (unpaired) electrons. The Morgan fingerprint density at radius 2 is 2.08 bits per heavy atom. The first kappa shape index (κ1) is 16.9. The Bertz CT molecular complexity index is 623. The third kappa shape index (κ3) is 3.31. The molecule has 2 saturated heterocycles. The zero-order valence-electron chi connectivity index (χ0n) is 13.5. The topological polar surface area (TPSA) is 58.6 Å². The number of carbonyl (C=O) groups is 1. The number of nitrogens with zero attached hydrogens (tertiary/aromatic N) is 4. The highest BCUT2D eigenvalue weighted by Gasteiger charge is 2.44. The number of amides is 1. The number of aromatic nitrogens is 2. The van der Waals surface area contributed by atoms with Crippen molar-refractivity contribution in [3.05, 3.63) is 18.1 Å². The van der Waals surface area contributed by atoms with Crippen molar-refractivity contribution in [2.45, 2.75) is 32.2 Å². The van der Waals surface area contributed by atoms with E-state index < -0.39 is 11.9 Å². The van der Waals surface area contributed by atoms with E-state index in [2.05, 4.69) is 9.97 Å². The summed E-state index contributed by atoms with van der Waals surface area (Å²) in [5.74, 6) is 0.426. The molecule has 2 atom stereocenters. The minimum atomic E-state index is -4.51. The van der Waals surface area contributed by atoms with E-state index in [4.69, 9.17) is 4.74 Å². The summed E-state index contributed by atoms with van der Waals surface area (Å²) < 4.78 is 44.0. The summed E-state index contributed by atoms with van der Waals surface area (Å²) in [6, 6.07) is 0.768. The maximum atomic E-state index is 12.8. The fourth-order valence-electron chi connectivity index (χ4n) is 3.16. The van der Waals surface area contributed by atoms with E-state index in [1.54, 1.807) is 9.80 Å². The number of halogens is 3. The van der Waals surface area contributed by atoms with Crippen molar-refractivity contribution in [3.63, 3.8) is 0 Å². The van der Waals surface area contributed by atoms with Gasteiger partial charge in [-0.05, 0) is 5.92 Å². The van der Waals surface area contributed by atoms with Crippen LogP contribution in [0.15, 0.2) is 12.4 Å². The van der Waals surface area contributed by atoms with E-state index in [1.807, 2.05) is 13.8 Å². The normalized spacial score (nSPS) is 24.7. The van der Waals surface area contributed by atoms with E-state index >= 15 is 0 Å². The van der Waals surface area contributed by atoms with E-state index in [9.17, 15) is 18.0 Å². The second-order valence-electron chi connectivity index (χ2n) is 6.52. The molecule has 0 aromatic carbocycles. The van der Waals surface area contributed by atoms with Gasteiger partial charge in [-0.1, -0.05) is 13.8 Å². The third-order valence-corrected chi connectivity index (χ3v) is 4.21. The molecule has 1 amide bonds. The molecule has 24 heavy (non-hydrogen) atoms. The first-order valence-corrected chi connectivity index (χ1v) is 7.81. The number of morpholine rings is 1. The van der Waals surface area contributed by atoms with Crippen molar-refractivity contribution < 1.29 is 22.7 Å². The van der Waals surface area contributed by atoms with Crippen LogP contribution in [0.4, 0.5) is 19.0 Å². The monoisotopic (exact) mass is 344 g/mol. The molecule has 0 unspecified atom stereocenters. The lowest BCUT2D eigenvalue weighted by molar-refractivity contribution is -0.153. The zero-order chi connectivity index (χ0) is 17.5. The zero-order valence-corrected chi connectivity index (χ0v) is 13.5. The molecular formula is C15H19F3N4O2. The highest BCUT2D eigenvalue weighted by Crippen LogP contribution is 2.31. The van der Waals surface area contributed by atoms with Gasteiger partial charge in [-0.2, -0.15) is 13.2 Å². The van der Waals surface area contributed by atoms with Crippen molar-refractivity contribution >= 4 is 11.7 Å². The molecule has 0 bridgehead atoms. The lowest BCUT2D eigenvalue weighted by Crippen LogP contribution is -2.55. The molecule has 3 heterocycles. The van der Waals surface area contributed by atoms with Crippen molar-refractivity contribution in [2.75, 3.05) is 31.1 Å². The molecule has 1 aromatic rings. The largest absolute Gasteiger partial charge is 0.433 e. The molecule has 3 rings (SSSR count). The van der Waals surface area contributed by atoms with Crippen LogP contribution in [-0.4, -0.2) is 59.2 Å². The van der Waals surface area contributed by atoms with Crippen LogP contribution in [0.2, 0.25) is 0 Å². The average Bonchev–Trinajstić information content (AvgIpc) is 2.94. The van der Waals surface area contributed by atoms with Gasteiger partial charge in [0, 0.05) is 25.7 Å². The van der Waals surface area contributed by atoms with Crippen molar-refractivity contribution in [3.8, 4) is 0 Å². The van der Waals surface area contributed by atoms with Crippen molar-refractivity contribution in [2.24, 2.45) is 5.92 Å². The second kappa shape index (κ2) is 6.19. The van der Waals surface area contributed by atoms with Crippen LogP contribution < -0.4 is 4.90 Å². The lowest BCUT2D eigenvalue weighted by atomic mass is 10.1. The first-order chi connectivity index (χ1) is 11.3. The Kier molecular flexibility index (Phi) is 4.37. The molecule has 2 aliphatic rings. The Hall–Kier alpha value is -1.90. The fourth-order valence-corrected chi connectivity index (χ4v) is 3.16. The number of rotatable bonds is 3. The molecule has 132 valence electrons. The van der Waals surface area contributed by atoms with Gasteiger partial charge in [0.1, 0.15) is 24.4 Å². The van der Waals surface area contributed by atoms with E-state index in [0.717, 1.165) is 12.4 Å². The molecule has 0 aliphatic carbocycles. The molecule has 0 spiro atoms. The van der Waals surface area contributed by atoms with Gasteiger partial charge in [-0.15, -0.1) is 0 Å². The van der Waals surface area contributed by atoms with Gasteiger partial charge in [-0.3, -0.25) is 4.79 Å². The molecule has 9 heteroatoms. The highest BCUT2D eigenvalue weighted by atomic mass is 19.4. The van der Waals surface area contributed by atoms with Crippen LogP contribution in [0.3, 0.4) is 0 Å². The first-order valence-electron chi connectivity index (χ1n) is 7.81. The second-order valence-corrected chi connectivity index (χ2v) is 6.52. The average molecular weight is 344 g/mol. The predicted octanol–water partition coefficient (Wildman–Crippen LogP) is 1.57. The Morgan fingerprint density at radius 3 is 2.75 bits per heavy atom. The summed E-state index contributed by atoms with van der Waals surface area (Å²) in [5, 5.41) is 0. The summed E-state index contributed by atoms with van der Waals surface area (Å²) in [4.78, 5) is 22.8. The van der Waals surface area contributed by atoms with Gasteiger partial charge in [-0.25, -0.2) is 9.97 Å². The smallest absolute Gasteiger partial charge is 0.364 e. The van der Waals surface area contributed by atoms with Gasteiger partial charge in [0.25, 0.3) is 0 Å². The SMILES string of the molecule is CC(C)CN1C(=O)CO[C@H]2CN(c3cc(C(F)(F)F)ncn3)C[C@H]21. The molecule has 1 aromatic heterocycles. The summed E-state index contributed by atoms with van der Waals surface area (Å²) >= 11 is 0. The van der Waals surface area contributed by atoms with Crippen LogP contribution in [-0.2, 0) is 15.7 Å². The summed E-state index contributed by atoms with van der Waals surface area (Å²) in [6.07, 6.45) is -3.82. The minimum absolute atomic E-state index is 0.0132. The number of hydrogen-bond donors (Lipinski definition) is 0. The third-order valence-electron chi connectivity index (χ3n) is 4.21. The van der Waals surface area contributed by atoms with Crippen LogP contribution in [0, 0.1) is 5.92 Å². The summed E-state index contributed by atoms with van der Waals surface area (Å²) in [6.45, 7) is 5.46. The van der Waals surface area contributed by atoms with Crippen LogP contribution >= 0.6 is 0 Å². The number of hydrogen-bond acceptors (Lipinski definition) is 5. The van der Waals surface area contributed by atoms with Gasteiger partial charge in [0.2, 0.25) is 5.91 Å². The van der Waals surface area contributed by atoms with Crippen LogP contribution in [0.1, 0.15) is 19.5 Å². The van der Waals surface area contributed by atoms with Gasteiger partial charge < -0.3 is 14.5 Å². The van der Waals surface area contributed by atoms with E-state index in [-0.39, 0.29) is 30.5 Å². The summed E-state index contributed by atoms with van der Waals surface area (Å²) in [7, 11) is 0. The van der Waals surface area contributed by atoms with Gasteiger partial charge in [0.15, 0.2) is 0 Å². The Labute approximate surface area is 137 Å². The molecule has 2 aliphatic heterocycles. The van der Waals surface area contributed by atoms with Gasteiger partial charge >= 0.3 is 6.18 Å². The number of fused-ring (bicyclic) bond motifs is 1. The number of ether oxygens (including phenoxy) is 1. The van der Waals surface area contributed by atoms with Crippen LogP contribution in [0.25, 0.3) is 0 Å². The molecule has 0 saturated carbocycles. The fraction of sp³-hybridized carbons (Fsp3) is 0.667. The molecule has 2 fully saturated rings. The van der Waals surface area contributed by atoms with E-state index in [1.165, 1.54) is 0 Å². The molecular weight excluding hydrogens is 325 g/mol. The van der Waals surface area contributed by atoms with Crippen LogP contribution in [0.5, 0.6) is 0 Å². The Balaban J connectivity index is 1.80. The highest BCUT2D eigenvalue weighted by molar-refractivity contribution is 5.79. The maximum absolute atomic E-state index is 12.8. The molecule has 6 nitrogen and oxygen atoms in total. The summed E-state index contributed by atoms with van der Waals surface area (Å²) in [5.41, 5.74) is -0.974. The number of carbonyl (C=O) groups excluding carboxylic acids is 1. The standard InChI is InChI=1S/C15H19F3N4O2/c1-9(2)4-22-10-5-21(6-11(10)24-7-14(22)23)13-3-12(15(16,17)18)19-8-20-13/h3,8-11H,4-7H2,1-2H3/t10-,11+/m1/s1. The van der Waals surface area contributed by atoms with Crippen molar-refractivity contribution in [1.29, 1.82) is 0 Å². The maximum Gasteiger partial charge on any atom is 0.433 e. The van der Waals surface area contributed by atoms with Gasteiger partial charge in [0.05, 0.1) is 12.1 Å². The Morgan fingerprint density at radius 1 is 1.33 bits per heavy atom. The predicted molar refractivity (Wildman–Crippen MR) is 79.3 cm³/mol. The molecule has 0 N–H and O–H groups in total. The lowest BCUT2D eigenvalue weighted by Gasteiger charge is -2.37. The number of alkyl halides is 3. The quantitative estimate of drug-likeness (QED) is 0.833. The minimum Gasteiger partial charge on any atom is -0.364 e. The van der Waals surface area contributed by atoms with E-state index in [0.29, 0.717) is 25.6 Å². The van der Waals surface area contributed by atoms with Crippen molar-refractivity contribution in [1.82, 2.24) is 14.9 Å². The number of anilines is 1.